The van der Waals surface area contributed by atoms with Crippen LogP contribution in [0.2, 0.25) is 5.04 Å². The zero-order chi connectivity index (χ0) is 26.0. The molecule has 0 saturated heterocycles. The number of fused-ring (bicyclic) bond motifs is 1. The lowest BCUT2D eigenvalue weighted by Crippen LogP contribution is -2.67. The monoisotopic (exact) mass is 531 g/mol. The van der Waals surface area contributed by atoms with Crippen molar-refractivity contribution < 1.29 is 9.16 Å². The lowest BCUT2D eigenvalue weighted by atomic mass is 10.1. The van der Waals surface area contributed by atoms with Gasteiger partial charge in [-0.25, -0.2) is 0 Å². The fourth-order valence-corrected chi connectivity index (χ4v) is 10.9. The van der Waals surface area contributed by atoms with E-state index in [1.165, 1.54) is 15.9 Å². The van der Waals surface area contributed by atoms with Gasteiger partial charge in [0.2, 0.25) is 0 Å². The topological polar surface area (TPSA) is 68.5 Å². The normalized spacial score (nSPS) is 21.2. The summed E-state index contributed by atoms with van der Waals surface area (Å²) in [7, 11) is -2.63. The van der Waals surface area contributed by atoms with E-state index in [1.807, 2.05) is 18.2 Å². The predicted octanol–water partition coefficient (Wildman–Crippen LogP) is 4.34. The fraction of sp³-hybridized carbons (Fsp3) is 0.367. The first-order chi connectivity index (χ1) is 17.8. The summed E-state index contributed by atoms with van der Waals surface area (Å²) in [5, 5.41) is 9.97. The Balaban J connectivity index is 1.35. The molecule has 0 aromatic heterocycles. The molecule has 0 spiro atoms. The van der Waals surface area contributed by atoms with Crippen LogP contribution in [0.4, 0.5) is 5.69 Å². The minimum Gasteiger partial charge on any atom is -0.493 e. The highest BCUT2D eigenvalue weighted by molar-refractivity contribution is 7.80. The smallest absolute Gasteiger partial charge is 0.261 e. The van der Waals surface area contributed by atoms with Crippen molar-refractivity contribution in [2.75, 3.05) is 11.9 Å². The van der Waals surface area contributed by atoms with E-state index in [4.69, 9.17) is 27.1 Å². The van der Waals surface area contributed by atoms with E-state index < -0.39 is 8.32 Å². The molecule has 5 nitrogen and oxygen atoms in total. The van der Waals surface area contributed by atoms with Crippen LogP contribution in [-0.2, 0) is 10.8 Å². The van der Waals surface area contributed by atoms with Crippen LogP contribution in [0.15, 0.2) is 78.9 Å². The molecule has 0 bridgehead atoms. The minimum absolute atomic E-state index is 0.0379. The maximum atomic E-state index is 7.34. The van der Waals surface area contributed by atoms with Gasteiger partial charge in [-0.15, -0.1) is 0 Å². The molecule has 4 N–H and O–H groups in total. The Hall–Kier alpha value is -2.71. The van der Waals surface area contributed by atoms with Crippen molar-refractivity contribution >= 4 is 41.7 Å². The zero-order valence-electron chi connectivity index (χ0n) is 21.9. The molecule has 194 valence electrons. The number of hydrogen-bond donors (Lipinski definition) is 3. The number of hydrogen-bond acceptors (Lipinski definition) is 4. The van der Waals surface area contributed by atoms with Crippen molar-refractivity contribution in [3.63, 3.8) is 0 Å². The van der Waals surface area contributed by atoms with Gasteiger partial charge in [-0.1, -0.05) is 87.5 Å². The highest BCUT2D eigenvalue weighted by atomic mass is 32.1. The van der Waals surface area contributed by atoms with Gasteiger partial charge in [0.25, 0.3) is 8.32 Å². The molecule has 0 unspecified atom stereocenters. The third-order valence-corrected chi connectivity index (χ3v) is 12.9. The Morgan fingerprint density at radius 3 is 2.22 bits per heavy atom. The molecule has 3 atom stereocenters. The molecule has 1 heterocycles. The van der Waals surface area contributed by atoms with Gasteiger partial charge >= 0.3 is 0 Å². The van der Waals surface area contributed by atoms with Crippen molar-refractivity contribution in [2.45, 2.75) is 63.3 Å². The van der Waals surface area contributed by atoms with E-state index >= 15 is 0 Å². The first-order valence-electron chi connectivity index (χ1n) is 13.1. The Kier molecular flexibility index (Phi) is 7.41. The van der Waals surface area contributed by atoms with E-state index in [-0.39, 0.29) is 23.2 Å². The molecule has 1 saturated carbocycles. The molecule has 1 fully saturated rings. The number of thiocarbonyl (C=S) groups is 1. The van der Waals surface area contributed by atoms with Crippen LogP contribution in [0.5, 0.6) is 5.75 Å². The second-order valence-corrected chi connectivity index (χ2v) is 15.8. The molecule has 3 aromatic carbocycles. The van der Waals surface area contributed by atoms with Crippen LogP contribution in [0, 0.1) is 0 Å². The average molecular weight is 532 g/mol. The fourth-order valence-electron chi connectivity index (χ4n) is 5.89. The zero-order valence-corrected chi connectivity index (χ0v) is 23.7. The van der Waals surface area contributed by atoms with E-state index in [0.717, 1.165) is 30.7 Å². The number of anilines is 1. The maximum absolute atomic E-state index is 7.34. The SMILES string of the molecule is CC(C)(C)[Si](O[C@@H]1C[C@H](N)[C@H](NC(=S)Nc2cccc3c2CCO3)C1)(c1ccccc1)c1ccccc1. The number of benzene rings is 3. The van der Waals surface area contributed by atoms with Gasteiger partial charge in [0.05, 0.1) is 6.61 Å². The van der Waals surface area contributed by atoms with Crippen LogP contribution < -0.4 is 31.5 Å². The number of rotatable bonds is 6. The lowest BCUT2D eigenvalue weighted by Gasteiger charge is -2.44. The van der Waals surface area contributed by atoms with Gasteiger partial charge in [0.15, 0.2) is 5.11 Å². The molecule has 0 radical (unpaired) electrons. The van der Waals surface area contributed by atoms with Crippen molar-refractivity contribution in [2.24, 2.45) is 5.73 Å². The van der Waals surface area contributed by atoms with Crippen LogP contribution in [-0.4, -0.2) is 38.2 Å². The van der Waals surface area contributed by atoms with Crippen LogP contribution >= 0.6 is 12.2 Å². The summed E-state index contributed by atoms with van der Waals surface area (Å²) in [6, 6.07) is 27.6. The molecule has 1 aliphatic carbocycles. The molecule has 2 aliphatic rings. The summed E-state index contributed by atoms with van der Waals surface area (Å²) in [5.74, 6) is 0.934. The molecule has 3 aromatic rings. The van der Waals surface area contributed by atoms with E-state index in [9.17, 15) is 0 Å². The highest BCUT2D eigenvalue weighted by Gasteiger charge is 2.52. The molecule has 7 heteroatoms. The minimum atomic E-state index is -2.63. The van der Waals surface area contributed by atoms with E-state index in [2.05, 4.69) is 92.1 Å². The summed E-state index contributed by atoms with van der Waals surface area (Å²) < 4.78 is 13.0. The summed E-state index contributed by atoms with van der Waals surface area (Å²) in [4.78, 5) is 0. The Morgan fingerprint density at radius 2 is 1.59 bits per heavy atom. The second-order valence-electron chi connectivity index (χ2n) is 11.1. The van der Waals surface area contributed by atoms with E-state index in [0.29, 0.717) is 11.7 Å². The standard InChI is InChI=1S/C30H37N3O2SSi/c1-30(2,3)37(22-11-6-4-7-12-22,23-13-8-5-9-14-23)35-21-19-25(31)27(20-21)33-29(36)32-26-15-10-16-28-24(26)17-18-34-28/h4-16,21,25,27H,17-20,31H2,1-3H3,(H2,32,33,36)/t21-,25+,27-/m1/s1. The first-order valence-corrected chi connectivity index (χ1v) is 15.5. The van der Waals surface area contributed by atoms with Gasteiger partial charge < -0.3 is 25.5 Å². The Labute approximate surface area is 226 Å². The van der Waals surface area contributed by atoms with Gasteiger partial charge in [0, 0.05) is 35.9 Å². The lowest BCUT2D eigenvalue weighted by molar-refractivity contribution is 0.191. The largest absolute Gasteiger partial charge is 0.493 e. The number of nitrogens with two attached hydrogens (primary N) is 1. The number of ether oxygens (including phenoxy) is 1. The van der Waals surface area contributed by atoms with Gasteiger partial charge in [0.1, 0.15) is 5.75 Å². The summed E-state index contributed by atoms with van der Waals surface area (Å²) in [6.07, 6.45) is 2.53. The van der Waals surface area contributed by atoms with Gasteiger partial charge in [-0.3, -0.25) is 0 Å². The first kappa shape index (κ1) is 25.9. The van der Waals surface area contributed by atoms with Crippen molar-refractivity contribution in [1.29, 1.82) is 0 Å². The molecular formula is C30H37N3O2SSi. The van der Waals surface area contributed by atoms with Crippen molar-refractivity contribution in [3.8, 4) is 5.75 Å². The Morgan fingerprint density at radius 1 is 0.946 bits per heavy atom. The third-order valence-electron chi connectivity index (χ3n) is 7.64. The maximum Gasteiger partial charge on any atom is 0.261 e. The van der Waals surface area contributed by atoms with Crippen LogP contribution in [0.25, 0.3) is 0 Å². The van der Waals surface area contributed by atoms with Gasteiger partial charge in [-0.2, -0.15) is 0 Å². The molecular weight excluding hydrogens is 495 g/mol. The highest BCUT2D eigenvalue weighted by Crippen LogP contribution is 2.39. The summed E-state index contributed by atoms with van der Waals surface area (Å²) in [5.41, 5.74) is 8.85. The molecule has 0 amide bonds. The number of nitrogens with one attached hydrogen (secondary N) is 2. The molecule has 37 heavy (non-hydrogen) atoms. The molecule has 1 aliphatic heterocycles. The van der Waals surface area contributed by atoms with Crippen molar-refractivity contribution in [1.82, 2.24) is 5.32 Å². The quantitative estimate of drug-likeness (QED) is 0.325. The predicted molar refractivity (Wildman–Crippen MR) is 158 cm³/mol. The Bertz CT molecular complexity index is 1190. The summed E-state index contributed by atoms with van der Waals surface area (Å²) >= 11 is 5.71. The third kappa shape index (κ3) is 5.18. The van der Waals surface area contributed by atoms with Crippen LogP contribution in [0.3, 0.4) is 0 Å². The second kappa shape index (κ2) is 10.6. The van der Waals surface area contributed by atoms with Crippen molar-refractivity contribution in [3.05, 3.63) is 84.4 Å². The average Bonchev–Trinajstić information content (AvgIpc) is 3.50. The molecule has 5 rings (SSSR count). The van der Waals surface area contributed by atoms with Crippen LogP contribution in [0.1, 0.15) is 39.2 Å². The van der Waals surface area contributed by atoms with Gasteiger partial charge in [-0.05, 0) is 52.6 Å². The van der Waals surface area contributed by atoms with E-state index in [1.54, 1.807) is 0 Å². The summed E-state index contributed by atoms with van der Waals surface area (Å²) in [6.45, 7) is 7.64.